The molecule has 1 N–H and O–H groups in total. The van der Waals surface area contributed by atoms with Crippen molar-refractivity contribution in [3.8, 4) is 5.75 Å². The number of hydrogen-bond acceptors (Lipinski definition) is 4. The van der Waals surface area contributed by atoms with Gasteiger partial charge in [-0.05, 0) is 42.0 Å². The summed E-state index contributed by atoms with van der Waals surface area (Å²) in [4.78, 5) is 33.5. The second-order valence-electron chi connectivity index (χ2n) is 7.86. The summed E-state index contributed by atoms with van der Waals surface area (Å²) in [7, 11) is 1.62. The number of aromatic nitrogens is 1. The number of benzene rings is 2. The van der Waals surface area contributed by atoms with Crippen molar-refractivity contribution < 1.29 is 19.1 Å². The summed E-state index contributed by atoms with van der Waals surface area (Å²) >= 11 is 0. The number of rotatable bonds is 5. The van der Waals surface area contributed by atoms with E-state index in [2.05, 4.69) is 4.98 Å². The first-order valence-electron chi connectivity index (χ1n) is 10.5. The first-order chi connectivity index (χ1) is 15.4. The lowest BCUT2D eigenvalue weighted by Gasteiger charge is -2.37. The summed E-state index contributed by atoms with van der Waals surface area (Å²) in [5, 5.41) is 9.61. The highest BCUT2D eigenvalue weighted by Crippen LogP contribution is 2.35. The highest BCUT2D eigenvalue weighted by Gasteiger charge is 2.32. The van der Waals surface area contributed by atoms with Crippen LogP contribution in [0.1, 0.15) is 39.6 Å². The Kier molecular flexibility index (Phi) is 6.16. The molecule has 4 rings (SSSR count). The number of halogens is 1. The van der Waals surface area contributed by atoms with Gasteiger partial charge in [-0.25, -0.2) is 4.39 Å². The van der Waals surface area contributed by atoms with Gasteiger partial charge in [0.2, 0.25) is 5.91 Å². The molecular formula is C25H24FN3O3. The molecule has 2 amide bonds. The first-order valence-corrected chi connectivity index (χ1v) is 10.5. The number of aromatic hydroxyl groups is 1. The van der Waals surface area contributed by atoms with Crippen LogP contribution in [0.25, 0.3) is 0 Å². The zero-order valence-electron chi connectivity index (χ0n) is 17.7. The molecule has 32 heavy (non-hydrogen) atoms. The molecule has 164 valence electrons. The number of phenolic OH excluding ortho intramolecular Hbond substituents is 1. The molecule has 7 heteroatoms. The van der Waals surface area contributed by atoms with E-state index >= 15 is 0 Å². The zero-order valence-corrected chi connectivity index (χ0v) is 17.7. The summed E-state index contributed by atoms with van der Waals surface area (Å²) in [5.41, 5.74) is 2.84. The molecule has 6 nitrogen and oxygen atoms in total. The third-order valence-corrected chi connectivity index (χ3v) is 5.71. The van der Waals surface area contributed by atoms with Crippen molar-refractivity contribution >= 4 is 11.8 Å². The van der Waals surface area contributed by atoms with Gasteiger partial charge >= 0.3 is 0 Å². The Morgan fingerprint density at radius 1 is 1.16 bits per heavy atom. The van der Waals surface area contributed by atoms with E-state index in [9.17, 15) is 19.1 Å². The van der Waals surface area contributed by atoms with Crippen molar-refractivity contribution in [1.82, 2.24) is 14.8 Å². The van der Waals surface area contributed by atoms with Crippen molar-refractivity contribution in [2.45, 2.75) is 18.9 Å². The Balaban J connectivity index is 1.52. The van der Waals surface area contributed by atoms with E-state index < -0.39 is 6.04 Å². The van der Waals surface area contributed by atoms with Crippen LogP contribution in [-0.4, -0.2) is 51.8 Å². The average Bonchev–Trinajstić information content (AvgIpc) is 2.81. The van der Waals surface area contributed by atoms with Crippen LogP contribution in [0.5, 0.6) is 5.75 Å². The standard InChI is InChI=1S/C25H24FN3O3/c1-28(25(32)18-6-3-8-20(30)16-18)13-11-23(31)29-14-10-22-21(9-4-12-27-22)24(29)17-5-2-7-19(26)15-17/h2-9,12,15-16,24,30H,10-11,13-14H2,1H3. The maximum Gasteiger partial charge on any atom is 0.253 e. The lowest BCUT2D eigenvalue weighted by atomic mass is 9.91. The van der Waals surface area contributed by atoms with Gasteiger partial charge in [-0.2, -0.15) is 0 Å². The van der Waals surface area contributed by atoms with Gasteiger partial charge in [0.15, 0.2) is 0 Å². The van der Waals surface area contributed by atoms with Crippen molar-refractivity contribution in [2.75, 3.05) is 20.1 Å². The Morgan fingerprint density at radius 3 is 2.75 bits per heavy atom. The predicted molar refractivity (Wildman–Crippen MR) is 118 cm³/mol. The van der Waals surface area contributed by atoms with Crippen LogP contribution in [0.3, 0.4) is 0 Å². The minimum absolute atomic E-state index is 0.0128. The maximum absolute atomic E-state index is 14.0. The normalized spacial score (nSPS) is 15.2. The highest BCUT2D eigenvalue weighted by molar-refractivity contribution is 5.94. The number of pyridine rings is 1. The molecule has 0 aliphatic carbocycles. The lowest BCUT2D eigenvalue weighted by Crippen LogP contribution is -2.42. The van der Waals surface area contributed by atoms with Crippen LogP contribution >= 0.6 is 0 Å². The fourth-order valence-corrected chi connectivity index (χ4v) is 4.10. The summed E-state index contributed by atoms with van der Waals surface area (Å²) in [5.74, 6) is -0.742. The van der Waals surface area contributed by atoms with Crippen LogP contribution in [-0.2, 0) is 11.2 Å². The summed E-state index contributed by atoms with van der Waals surface area (Å²) < 4.78 is 14.0. The van der Waals surface area contributed by atoms with Gasteiger partial charge in [0.25, 0.3) is 5.91 Å². The SMILES string of the molecule is CN(CCC(=O)N1CCc2ncccc2C1c1cccc(F)c1)C(=O)c1cccc(O)c1. The third kappa shape index (κ3) is 4.46. The van der Waals surface area contributed by atoms with Gasteiger partial charge in [0.1, 0.15) is 11.6 Å². The maximum atomic E-state index is 14.0. The van der Waals surface area contributed by atoms with Crippen molar-refractivity contribution in [3.05, 3.63) is 95.1 Å². The number of fused-ring (bicyclic) bond motifs is 1. The third-order valence-electron chi connectivity index (χ3n) is 5.71. The number of nitrogens with zero attached hydrogens (tertiary/aromatic N) is 3. The molecular weight excluding hydrogens is 409 g/mol. The zero-order chi connectivity index (χ0) is 22.7. The second kappa shape index (κ2) is 9.18. The van der Waals surface area contributed by atoms with Crippen LogP contribution in [0.15, 0.2) is 66.9 Å². The van der Waals surface area contributed by atoms with E-state index in [1.165, 1.54) is 29.2 Å². The van der Waals surface area contributed by atoms with E-state index in [0.717, 1.165) is 11.3 Å². The minimum Gasteiger partial charge on any atom is -0.508 e. The highest BCUT2D eigenvalue weighted by atomic mass is 19.1. The van der Waals surface area contributed by atoms with Gasteiger partial charge in [0.05, 0.1) is 6.04 Å². The van der Waals surface area contributed by atoms with Crippen LogP contribution < -0.4 is 0 Å². The van der Waals surface area contributed by atoms with E-state index in [-0.39, 0.29) is 36.3 Å². The van der Waals surface area contributed by atoms with Crippen molar-refractivity contribution in [3.63, 3.8) is 0 Å². The average molecular weight is 433 g/mol. The van der Waals surface area contributed by atoms with Crippen molar-refractivity contribution in [2.24, 2.45) is 0 Å². The first kappa shape index (κ1) is 21.5. The number of amides is 2. The monoisotopic (exact) mass is 433 g/mol. The molecule has 0 saturated heterocycles. The molecule has 1 atom stereocenters. The minimum atomic E-state index is -0.428. The van der Waals surface area contributed by atoms with Gasteiger partial charge in [-0.3, -0.25) is 14.6 Å². The topological polar surface area (TPSA) is 73.7 Å². The lowest BCUT2D eigenvalue weighted by molar-refractivity contribution is -0.133. The van der Waals surface area contributed by atoms with E-state index in [1.807, 2.05) is 18.2 Å². The Bertz CT molecular complexity index is 1150. The Labute approximate surface area is 185 Å². The van der Waals surface area contributed by atoms with Gasteiger partial charge in [0, 0.05) is 56.0 Å². The molecule has 2 aromatic carbocycles. The van der Waals surface area contributed by atoms with E-state index in [1.54, 1.807) is 36.3 Å². The Hall–Kier alpha value is -3.74. The molecule has 1 unspecified atom stereocenters. The van der Waals surface area contributed by atoms with Gasteiger partial charge in [-0.1, -0.05) is 24.3 Å². The summed E-state index contributed by atoms with van der Waals surface area (Å²) in [6, 6.07) is 15.7. The quantitative estimate of drug-likeness (QED) is 0.668. The molecule has 0 radical (unpaired) electrons. The fourth-order valence-electron chi connectivity index (χ4n) is 4.10. The number of carbonyl (C=O) groups is 2. The molecule has 1 aromatic heterocycles. The molecule has 0 bridgehead atoms. The van der Waals surface area contributed by atoms with Crippen LogP contribution in [0.2, 0.25) is 0 Å². The molecule has 0 spiro atoms. The Morgan fingerprint density at radius 2 is 1.97 bits per heavy atom. The largest absolute Gasteiger partial charge is 0.508 e. The molecule has 0 fully saturated rings. The van der Waals surface area contributed by atoms with Gasteiger partial charge in [-0.15, -0.1) is 0 Å². The summed E-state index contributed by atoms with van der Waals surface area (Å²) in [6.07, 6.45) is 2.47. The second-order valence-corrected chi connectivity index (χ2v) is 7.86. The number of hydrogen-bond donors (Lipinski definition) is 1. The summed E-state index contributed by atoms with van der Waals surface area (Å²) in [6.45, 7) is 0.688. The predicted octanol–water partition coefficient (Wildman–Crippen LogP) is 3.56. The number of phenols is 1. The van der Waals surface area contributed by atoms with E-state index in [4.69, 9.17) is 0 Å². The number of carbonyl (C=O) groups excluding carboxylic acids is 2. The van der Waals surface area contributed by atoms with Crippen LogP contribution in [0, 0.1) is 5.82 Å². The molecule has 1 aliphatic heterocycles. The van der Waals surface area contributed by atoms with Crippen LogP contribution in [0.4, 0.5) is 4.39 Å². The smallest absolute Gasteiger partial charge is 0.253 e. The molecule has 0 saturated carbocycles. The molecule has 1 aliphatic rings. The molecule has 3 aromatic rings. The van der Waals surface area contributed by atoms with E-state index in [0.29, 0.717) is 24.1 Å². The van der Waals surface area contributed by atoms with Gasteiger partial charge < -0.3 is 14.9 Å². The molecule has 2 heterocycles. The van der Waals surface area contributed by atoms with Crippen molar-refractivity contribution in [1.29, 1.82) is 0 Å². The fraction of sp³-hybridized carbons (Fsp3) is 0.240.